The van der Waals surface area contributed by atoms with Crippen LogP contribution in [0.1, 0.15) is 25.7 Å². The Labute approximate surface area is 138 Å². The van der Waals surface area contributed by atoms with Gasteiger partial charge in [0.1, 0.15) is 0 Å². The standard InChI is InChI=1S/C14H15Cl3N2S/c15-9-5-10(16)12(11(17)6-9)19-13-18-7-14(8-20-13)3-1-2-4-14/h5-6H,1-4,7-8H2,(H,18,19). The first-order valence-corrected chi connectivity index (χ1v) is 8.79. The van der Waals surface area contributed by atoms with Crippen molar-refractivity contribution in [3.05, 3.63) is 27.2 Å². The van der Waals surface area contributed by atoms with E-state index < -0.39 is 0 Å². The van der Waals surface area contributed by atoms with Crippen LogP contribution in [0.4, 0.5) is 5.69 Å². The molecule has 1 aromatic carbocycles. The van der Waals surface area contributed by atoms with Crippen molar-refractivity contribution >= 4 is 57.4 Å². The van der Waals surface area contributed by atoms with Crippen molar-refractivity contribution in [2.24, 2.45) is 10.4 Å². The second kappa shape index (κ2) is 5.96. The topological polar surface area (TPSA) is 24.4 Å². The van der Waals surface area contributed by atoms with Gasteiger partial charge in [0.25, 0.3) is 0 Å². The molecule has 0 unspecified atom stereocenters. The Kier molecular flexibility index (Phi) is 4.42. The van der Waals surface area contributed by atoms with Crippen molar-refractivity contribution in [2.75, 3.05) is 17.6 Å². The van der Waals surface area contributed by atoms with Crippen LogP contribution in [-0.4, -0.2) is 17.5 Å². The molecule has 0 radical (unpaired) electrons. The van der Waals surface area contributed by atoms with Gasteiger partial charge in [-0.25, -0.2) is 0 Å². The highest BCUT2D eigenvalue weighted by Crippen LogP contribution is 2.44. The maximum Gasteiger partial charge on any atom is 0.161 e. The van der Waals surface area contributed by atoms with Crippen LogP contribution in [0.25, 0.3) is 0 Å². The molecule has 2 nitrogen and oxygen atoms in total. The van der Waals surface area contributed by atoms with Gasteiger partial charge in [-0.15, -0.1) is 0 Å². The van der Waals surface area contributed by atoms with Crippen LogP contribution in [0.2, 0.25) is 15.1 Å². The van der Waals surface area contributed by atoms with E-state index >= 15 is 0 Å². The zero-order valence-corrected chi connectivity index (χ0v) is 14.0. The third-order valence-electron chi connectivity index (χ3n) is 3.98. The van der Waals surface area contributed by atoms with E-state index in [1.54, 1.807) is 23.9 Å². The van der Waals surface area contributed by atoms with Gasteiger partial charge in [-0.2, -0.15) is 0 Å². The number of hydrogen-bond donors (Lipinski definition) is 1. The Bertz CT molecular complexity index is 530. The summed E-state index contributed by atoms with van der Waals surface area (Å²) in [4.78, 5) is 4.68. The molecule has 1 aliphatic heterocycles. The zero-order chi connectivity index (χ0) is 14.2. The molecule has 1 aromatic rings. The monoisotopic (exact) mass is 348 g/mol. The average molecular weight is 350 g/mol. The van der Waals surface area contributed by atoms with Gasteiger partial charge in [-0.05, 0) is 30.4 Å². The van der Waals surface area contributed by atoms with Crippen LogP contribution < -0.4 is 5.32 Å². The Morgan fingerprint density at radius 1 is 1.10 bits per heavy atom. The highest BCUT2D eigenvalue weighted by molar-refractivity contribution is 8.14. The fraction of sp³-hybridized carbons (Fsp3) is 0.500. The fourth-order valence-corrected chi connectivity index (χ4v) is 4.89. The quantitative estimate of drug-likeness (QED) is 0.701. The van der Waals surface area contributed by atoms with Crippen molar-refractivity contribution in [2.45, 2.75) is 25.7 Å². The molecule has 0 amide bonds. The summed E-state index contributed by atoms with van der Waals surface area (Å²) < 4.78 is 0. The Morgan fingerprint density at radius 3 is 2.30 bits per heavy atom. The predicted molar refractivity (Wildman–Crippen MR) is 90.8 cm³/mol. The maximum absolute atomic E-state index is 6.18. The number of benzene rings is 1. The molecule has 1 heterocycles. The van der Waals surface area contributed by atoms with Crippen molar-refractivity contribution < 1.29 is 0 Å². The number of rotatable bonds is 1. The first-order valence-electron chi connectivity index (χ1n) is 6.67. The molecule has 1 saturated carbocycles. The van der Waals surface area contributed by atoms with Crippen molar-refractivity contribution in [3.63, 3.8) is 0 Å². The third kappa shape index (κ3) is 3.06. The number of nitrogens with zero attached hydrogens (tertiary/aromatic N) is 1. The summed E-state index contributed by atoms with van der Waals surface area (Å²) >= 11 is 20.0. The van der Waals surface area contributed by atoms with Gasteiger partial charge in [0, 0.05) is 17.3 Å². The molecular weight excluding hydrogens is 335 g/mol. The molecule has 0 saturated heterocycles. The maximum atomic E-state index is 6.18. The van der Waals surface area contributed by atoms with Gasteiger partial charge >= 0.3 is 0 Å². The zero-order valence-electron chi connectivity index (χ0n) is 10.9. The van der Waals surface area contributed by atoms with E-state index in [0.29, 0.717) is 26.2 Å². The van der Waals surface area contributed by atoms with E-state index in [2.05, 4.69) is 10.3 Å². The van der Waals surface area contributed by atoms with Crippen molar-refractivity contribution in [1.29, 1.82) is 0 Å². The molecule has 1 N–H and O–H groups in total. The van der Waals surface area contributed by atoms with Crippen LogP contribution in [0.15, 0.2) is 17.1 Å². The van der Waals surface area contributed by atoms with E-state index in [9.17, 15) is 0 Å². The molecule has 3 rings (SSSR count). The van der Waals surface area contributed by atoms with Gasteiger partial charge in [0.05, 0.1) is 15.7 Å². The minimum atomic E-state index is 0.434. The van der Waals surface area contributed by atoms with Crippen LogP contribution in [0.3, 0.4) is 0 Å². The van der Waals surface area contributed by atoms with Gasteiger partial charge in [0.2, 0.25) is 0 Å². The Hall–Kier alpha value is -0.0900. The highest BCUT2D eigenvalue weighted by Gasteiger charge is 2.36. The number of thioether (sulfide) groups is 1. The molecule has 0 atom stereocenters. The molecule has 108 valence electrons. The summed E-state index contributed by atoms with van der Waals surface area (Å²) in [7, 11) is 0. The number of hydrogen-bond acceptors (Lipinski definition) is 3. The molecule has 2 aliphatic rings. The Morgan fingerprint density at radius 2 is 1.75 bits per heavy atom. The minimum absolute atomic E-state index is 0.434. The van der Waals surface area contributed by atoms with Crippen LogP contribution in [-0.2, 0) is 0 Å². The second-order valence-electron chi connectivity index (χ2n) is 5.49. The van der Waals surface area contributed by atoms with Gasteiger partial charge < -0.3 is 5.32 Å². The van der Waals surface area contributed by atoms with E-state index in [1.165, 1.54) is 25.7 Å². The molecule has 1 fully saturated rings. The van der Waals surface area contributed by atoms with Crippen molar-refractivity contribution in [1.82, 2.24) is 0 Å². The van der Waals surface area contributed by atoms with E-state index in [4.69, 9.17) is 34.8 Å². The molecule has 1 aliphatic carbocycles. The lowest BCUT2D eigenvalue weighted by Gasteiger charge is -2.31. The molecule has 6 heteroatoms. The van der Waals surface area contributed by atoms with Crippen LogP contribution in [0.5, 0.6) is 0 Å². The largest absolute Gasteiger partial charge is 0.333 e. The van der Waals surface area contributed by atoms with Gasteiger partial charge in [-0.1, -0.05) is 59.4 Å². The molecular formula is C14H15Cl3N2S. The molecule has 20 heavy (non-hydrogen) atoms. The van der Waals surface area contributed by atoms with Crippen LogP contribution in [0, 0.1) is 5.41 Å². The molecule has 0 bridgehead atoms. The number of halogens is 3. The van der Waals surface area contributed by atoms with Gasteiger partial charge in [0.15, 0.2) is 5.17 Å². The number of amidine groups is 1. The Balaban J connectivity index is 1.75. The van der Waals surface area contributed by atoms with Crippen LogP contribution >= 0.6 is 46.6 Å². The smallest absolute Gasteiger partial charge is 0.161 e. The summed E-state index contributed by atoms with van der Waals surface area (Å²) in [6.45, 7) is 0.908. The minimum Gasteiger partial charge on any atom is -0.333 e. The lowest BCUT2D eigenvalue weighted by molar-refractivity contribution is 0.359. The summed E-state index contributed by atoms with van der Waals surface area (Å²) in [5, 5.41) is 5.71. The number of aliphatic imine (C=N–C) groups is 1. The number of anilines is 1. The molecule has 0 aromatic heterocycles. The summed E-state index contributed by atoms with van der Waals surface area (Å²) in [6, 6.07) is 3.37. The lowest BCUT2D eigenvalue weighted by Crippen LogP contribution is -2.30. The normalized spacial score (nSPS) is 21.1. The third-order valence-corrected chi connectivity index (χ3v) is 6.05. The fourth-order valence-electron chi connectivity index (χ4n) is 2.82. The second-order valence-corrected chi connectivity index (χ2v) is 7.70. The lowest BCUT2D eigenvalue weighted by atomic mass is 9.89. The van der Waals surface area contributed by atoms with E-state index in [-0.39, 0.29) is 0 Å². The first-order chi connectivity index (χ1) is 9.58. The number of nitrogens with one attached hydrogen (secondary N) is 1. The molecule has 1 spiro atoms. The SMILES string of the molecule is Clc1cc(Cl)c(NC2=NCC3(CCCC3)CS2)c(Cl)c1. The van der Waals surface area contributed by atoms with E-state index in [0.717, 1.165) is 17.5 Å². The predicted octanol–water partition coefficient (Wildman–Crippen LogP) is 5.72. The summed E-state index contributed by atoms with van der Waals surface area (Å²) in [6.07, 6.45) is 5.29. The van der Waals surface area contributed by atoms with Crippen molar-refractivity contribution in [3.8, 4) is 0 Å². The van der Waals surface area contributed by atoms with E-state index in [1.807, 2.05) is 0 Å². The average Bonchev–Trinajstić information content (AvgIpc) is 2.85. The van der Waals surface area contributed by atoms with Gasteiger partial charge in [-0.3, -0.25) is 4.99 Å². The highest BCUT2D eigenvalue weighted by atomic mass is 35.5. The summed E-state index contributed by atoms with van der Waals surface area (Å²) in [5.41, 5.74) is 1.12. The first kappa shape index (κ1) is 14.8. The summed E-state index contributed by atoms with van der Waals surface area (Å²) in [5.74, 6) is 1.13.